The van der Waals surface area contributed by atoms with Gasteiger partial charge in [-0.3, -0.25) is 9.52 Å². The van der Waals surface area contributed by atoms with Crippen LogP contribution in [0.25, 0.3) is 10.8 Å². The average Bonchev–Trinajstić information content (AvgIpc) is 3.15. The molecule has 3 amide bonds. The number of urea groups is 1. The Bertz CT molecular complexity index is 1970. The molecule has 3 N–H and O–H groups in total. The van der Waals surface area contributed by atoms with E-state index < -0.39 is 28.1 Å². The Hall–Kier alpha value is -4.85. The van der Waals surface area contributed by atoms with Crippen LogP contribution < -0.4 is 19.5 Å². The van der Waals surface area contributed by atoms with E-state index in [-0.39, 0.29) is 53.9 Å². The van der Waals surface area contributed by atoms with Gasteiger partial charge in [0, 0.05) is 43.7 Å². The molecule has 0 aliphatic carbocycles. The lowest BCUT2D eigenvalue weighted by Crippen LogP contribution is -2.48. The molecule has 13 heteroatoms. The van der Waals surface area contributed by atoms with E-state index in [1.807, 2.05) is 56.3 Å². The van der Waals surface area contributed by atoms with Crippen LogP contribution in [0.4, 0.5) is 16.2 Å². The van der Waals surface area contributed by atoms with Gasteiger partial charge in [-0.05, 0) is 87.0 Å². The largest absolute Gasteiger partial charge is 0.497 e. The first kappa shape index (κ1) is 39.4. The van der Waals surface area contributed by atoms with Crippen LogP contribution in [0.1, 0.15) is 50.4 Å². The molecule has 4 atom stereocenters. The number of ether oxygens (including phenoxy) is 3. The van der Waals surface area contributed by atoms with Crippen LogP contribution >= 0.6 is 0 Å². The Balaban J connectivity index is 1.40. The van der Waals surface area contributed by atoms with Gasteiger partial charge in [0.15, 0.2) is 0 Å². The van der Waals surface area contributed by atoms with Gasteiger partial charge in [-0.25, -0.2) is 13.2 Å². The first-order chi connectivity index (χ1) is 25.4. The van der Waals surface area contributed by atoms with Crippen molar-refractivity contribution in [1.82, 2.24) is 9.80 Å². The lowest BCUT2D eigenvalue weighted by atomic mass is 10.0. The zero-order valence-corrected chi connectivity index (χ0v) is 31.8. The fraction of sp³-hybridized carbons (Fsp3) is 0.400. The minimum Gasteiger partial charge on any atom is -0.497 e. The van der Waals surface area contributed by atoms with E-state index in [1.54, 1.807) is 48.0 Å². The summed E-state index contributed by atoms with van der Waals surface area (Å²) in [7, 11) is -0.797. The van der Waals surface area contributed by atoms with Crippen molar-refractivity contribution in [1.29, 1.82) is 0 Å². The SMILES string of the molecule is COc1ccc(S(=O)(=O)Nc2ccc3c(c2)C(=O)N([C@H](C)CO)C[C@H](C)[C@H](CN(C)C(=O)Nc2cccc4ccccc24)OCCCC[C@@H](C)O3)cc1. The highest BCUT2D eigenvalue weighted by Crippen LogP contribution is 2.30. The topological polar surface area (TPSA) is 147 Å². The number of likely N-dealkylation sites (N-methyl/N-ethyl adjacent to an activating group) is 1. The zero-order valence-electron chi connectivity index (χ0n) is 30.9. The fourth-order valence-corrected chi connectivity index (χ4v) is 7.36. The van der Waals surface area contributed by atoms with E-state index >= 15 is 0 Å². The number of nitrogens with zero attached hydrogens (tertiary/aromatic N) is 2. The molecule has 0 radical (unpaired) electrons. The number of aliphatic hydroxyl groups is 1. The number of hydrogen-bond donors (Lipinski definition) is 3. The maximum atomic E-state index is 14.5. The molecule has 0 unspecified atom stereocenters. The van der Waals surface area contributed by atoms with Crippen molar-refractivity contribution in [2.75, 3.05) is 50.5 Å². The van der Waals surface area contributed by atoms with Gasteiger partial charge >= 0.3 is 6.03 Å². The highest BCUT2D eigenvalue weighted by atomic mass is 32.2. The number of rotatable bonds is 9. The van der Waals surface area contributed by atoms with Gasteiger partial charge in [0.05, 0.1) is 48.1 Å². The minimum atomic E-state index is -4.01. The second kappa shape index (κ2) is 17.8. The summed E-state index contributed by atoms with van der Waals surface area (Å²) in [5.41, 5.74) is 1.03. The first-order valence-corrected chi connectivity index (χ1v) is 19.4. The highest BCUT2D eigenvalue weighted by Gasteiger charge is 2.31. The second-order valence-electron chi connectivity index (χ2n) is 13.6. The molecule has 1 aliphatic heterocycles. The minimum absolute atomic E-state index is 0.0285. The van der Waals surface area contributed by atoms with Gasteiger partial charge in [0.25, 0.3) is 15.9 Å². The summed E-state index contributed by atoms with van der Waals surface area (Å²) in [6.45, 7) is 6.19. The van der Waals surface area contributed by atoms with Crippen LogP contribution in [0.15, 0.2) is 89.8 Å². The quantitative estimate of drug-likeness (QED) is 0.174. The molecule has 0 saturated heterocycles. The number of methoxy groups -OCH3 is 1. The number of nitrogens with one attached hydrogen (secondary N) is 2. The van der Waals surface area contributed by atoms with Crippen LogP contribution in [-0.4, -0.2) is 94.0 Å². The number of carbonyl (C=O) groups excluding carboxylic acids is 2. The summed E-state index contributed by atoms with van der Waals surface area (Å²) in [5.74, 6) is 0.114. The maximum absolute atomic E-state index is 14.5. The van der Waals surface area contributed by atoms with Crippen LogP contribution in [-0.2, 0) is 14.8 Å². The number of hydrogen-bond acceptors (Lipinski definition) is 8. The van der Waals surface area contributed by atoms with Crippen LogP contribution in [0.2, 0.25) is 0 Å². The maximum Gasteiger partial charge on any atom is 0.321 e. The summed E-state index contributed by atoms with van der Waals surface area (Å²) in [4.78, 5) is 31.1. The molecule has 284 valence electrons. The van der Waals surface area contributed by atoms with Gasteiger partial charge in [-0.15, -0.1) is 0 Å². The smallest absolute Gasteiger partial charge is 0.321 e. The number of anilines is 2. The van der Waals surface area contributed by atoms with E-state index in [2.05, 4.69) is 10.0 Å². The molecule has 4 aromatic rings. The first-order valence-electron chi connectivity index (χ1n) is 17.9. The van der Waals surface area contributed by atoms with Crippen molar-refractivity contribution >= 4 is 44.1 Å². The summed E-state index contributed by atoms with van der Waals surface area (Å²) >= 11 is 0. The molecule has 1 aliphatic rings. The molecular formula is C40H50N4O8S. The number of fused-ring (bicyclic) bond motifs is 2. The summed E-state index contributed by atoms with van der Waals surface area (Å²) < 4.78 is 47.1. The van der Waals surface area contributed by atoms with E-state index in [4.69, 9.17) is 14.2 Å². The molecule has 53 heavy (non-hydrogen) atoms. The van der Waals surface area contributed by atoms with E-state index in [9.17, 15) is 23.1 Å². The number of amides is 3. The molecule has 0 spiro atoms. The van der Waals surface area contributed by atoms with Crippen molar-refractivity contribution in [3.63, 3.8) is 0 Å². The van der Waals surface area contributed by atoms with Crippen molar-refractivity contribution in [3.05, 3.63) is 90.5 Å². The molecule has 4 aromatic carbocycles. The third-order valence-electron chi connectivity index (χ3n) is 9.51. The van der Waals surface area contributed by atoms with Crippen molar-refractivity contribution in [2.24, 2.45) is 5.92 Å². The van der Waals surface area contributed by atoms with Crippen molar-refractivity contribution in [2.45, 2.75) is 63.2 Å². The van der Waals surface area contributed by atoms with Crippen LogP contribution in [0.5, 0.6) is 11.5 Å². The Kier molecular flexibility index (Phi) is 13.2. The molecular weight excluding hydrogens is 697 g/mol. The number of sulfonamides is 1. The number of benzene rings is 4. The summed E-state index contributed by atoms with van der Waals surface area (Å²) in [5, 5.41) is 15.3. The standard InChI is InChI=1S/C40H50N4O8S/c1-27-24-44(28(2)26-45)39(46)35-23-31(42-53(48,49)33-19-17-32(50-5)18-20-33)16-21-37(35)52-29(3)11-8-9-22-51-38(27)25-43(4)40(47)41-36-15-10-13-30-12-6-7-14-34(30)36/h6-7,10,12-21,23,27-29,38,42,45H,8-9,11,22,24-26H2,1-5H3,(H,41,47)/t27-,28+,29+,38-/m0/s1. The van der Waals surface area contributed by atoms with Crippen LogP contribution in [0.3, 0.4) is 0 Å². The Labute approximate surface area is 312 Å². The molecule has 0 aromatic heterocycles. The molecule has 12 nitrogen and oxygen atoms in total. The zero-order chi connectivity index (χ0) is 38.1. The van der Waals surface area contributed by atoms with E-state index in [0.29, 0.717) is 30.2 Å². The van der Waals surface area contributed by atoms with Gasteiger partial charge in [-0.1, -0.05) is 43.3 Å². The molecule has 0 saturated carbocycles. The molecule has 0 bridgehead atoms. The Morgan fingerprint density at radius 2 is 1.77 bits per heavy atom. The van der Waals surface area contributed by atoms with Gasteiger partial charge in [0.2, 0.25) is 0 Å². The highest BCUT2D eigenvalue weighted by molar-refractivity contribution is 7.92. The molecule has 5 rings (SSSR count). The third-order valence-corrected chi connectivity index (χ3v) is 10.9. The van der Waals surface area contributed by atoms with Gasteiger partial charge < -0.3 is 34.4 Å². The molecule has 0 fully saturated rings. The predicted octanol–water partition coefficient (Wildman–Crippen LogP) is 6.61. The monoisotopic (exact) mass is 746 g/mol. The van der Waals surface area contributed by atoms with Crippen molar-refractivity contribution in [3.8, 4) is 11.5 Å². The summed E-state index contributed by atoms with van der Waals surface area (Å²) in [6.07, 6.45) is 1.55. The normalized spacial score (nSPS) is 19.3. The Morgan fingerprint density at radius 3 is 2.51 bits per heavy atom. The number of carbonyl (C=O) groups is 2. The average molecular weight is 747 g/mol. The Morgan fingerprint density at radius 1 is 1.04 bits per heavy atom. The van der Waals surface area contributed by atoms with Gasteiger partial charge in [0.1, 0.15) is 11.5 Å². The van der Waals surface area contributed by atoms with Crippen molar-refractivity contribution < 1.29 is 37.3 Å². The van der Waals surface area contributed by atoms with Gasteiger partial charge in [-0.2, -0.15) is 0 Å². The number of aliphatic hydroxyl groups excluding tert-OH is 1. The van der Waals surface area contributed by atoms with Crippen LogP contribution in [0, 0.1) is 5.92 Å². The summed E-state index contributed by atoms with van der Waals surface area (Å²) in [6, 6.07) is 23.3. The lowest BCUT2D eigenvalue weighted by Gasteiger charge is -2.35. The van der Waals surface area contributed by atoms with E-state index in [0.717, 1.165) is 23.6 Å². The fourth-order valence-electron chi connectivity index (χ4n) is 6.32. The van der Waals surface area contributed by atoms with E-state index in [1.165, 1.54) is 25.3 Å². The second-order valence-corrected chi connectivity index (χ2v) is 15.3. The molecule has 1 heterocycles. The lowest BCUT2D eigenvalue weighted by molar-refractivity contribution is -0.0115. The predicted molar refractivity (Wildman–Crippen MR) is 206 cm³/mol. The third kappa shape index (κ3) is 9.98.